The summed E-state index contributed by atoms with van der Waals surface area (Å²) in [6.45, 7) is 0. The van der Waals surface area contributed by atoms with Crippen molar-refractivity contribution >= 4 is 11.6 Å². The quantitative estimate of drug-likeness (QED) is 0.592. The van der Waals surface area contributed by atoms with Gasteiger partial charge in [0.25, 0.3) is 0 Å². The zero-order chi connectivity index (χ0) is 16.5. The van der Waals surface area contributed by atoms with Gasteiger partial charge in [0.05, 0.1) is 11.1 Å². The van der Waals surface area contributed by atoms with Gasteiger partial charge >= 0.3 is 12.4 Å². The summed E-state index contributed by atoms with van der Waals surface area (Å²) in [7, 11) is 0. The minimum absolute atomic E-state index is 0.292. The van der Waals surface area contributed by atoms with Crippen LogP contribution in [0.3, 0.4) is 0 Å². The van der Waals surface area contributed by atoms with Gasteiger partial charge in [0, 0.05) is 5.02 Å². The third-order valence-corrected chi connectivity index (χ3v) is 3.26. The molecule has 0 aliphatic rings. The standard InChI is InChI=1S/C15H9ClF6/c16-12-3-1-2-9(7-12)6-10-8-11(14(17,18)19)4-5-13(10)15(20,21)22/h1-5,7-8H,6H2. The summed E-state index contributed by atoms with van der Waals surface area (Å²) in [4.78, 5) is 0. The van der Waals surface area contributed by atoms with E-state index < -0.39 is 29.0 Å². The van der Waals surface area contributed by atoms with Gasteiger partial charge in [-0.05, 0) is 47.9 Å². The minimum atomic E-state index is -4.72. The lowest BCUT2D eigenvalue weighted by Crippen LogP contribution is -2.13. The van der Waals surface area contributed by atoms with Crippen LogP contribution in [0.15, 0.2) is 42.5 Å². The normalized spacial score (nSPS) is 12.5. The Morgan fingerprint density at radius 2 is 1.50 bits per heavy atom. The Morgan fingerprint density at radius 1 is 0.818 bits per heavy atom. The van der Waals surface area contributed by atoms with Crippen LogP contribution in [0.1, 0.15) is 22.3 Å². The highest BCUT2D eigenvalue weighted by Crippen LogP contribution is 2.37. The Labute approximate surface area is 127 Å². The fourth-order valence-corrected chi connectivity index (χ4v) is 2.27. The van der Waals surface area contributed by atoms with E-state index in [1.165, 1.54) is 24.3 Å². The molecule has 0 saturated carbocycles. The van der Waals surface area contributed by atoms with Crippen molar-refractivity contribution in [3.05, 3.63) is 69.7 Å². The van der Waals surface area contributed by atoms with E-state index in [-0.39, 0.29) is 6.42 Å². The van der Waals surface area contributed by atoms with Gasteiger partial charge in [0.15, 0.2) is 0 Å². The Bertz CT molecular complexity index is 672. The zero-order valence-corrected chi connectivity index (χ0v) is 11.7. The van der Waals surface area contributed by atoms with Gasteiger partial charge in [-0.3, -0.25) is 0 Å². The summed E-state index contributed by atoms with van der Waals surface area (Å²) in [6, 6.07) is 7.41. The van der Waals surface area contributed by atoms with Gasteiger partial charge in [0.1, 0.15) is 0 Å². The summed E-state index contributed by atoms with van der Waals surface area (Å²) in [5.41, 5.74) is -2.24. The summed E-state index contributed by atoms with van der Waals surface area (Å²) in [6.07, 6.45) is -9.72. The van der Waals surface area contributed by atoms with Gasteiger partial charge in [-0.2, -0.15) is 26.3 Å². The molecule has 2 aromatic carbocycles. The lowest BCUT2D eigenvalue weighted by atomic mass is 9.97. The largest absolute Gasteiger partial charge is 0.416 e. The fraction of sp³-hybridized carbons (Fsp3) is 0.200. The second-order valence-electron chi connectivity index (χ2n) is 4.67. The third-order valence-electron chi connectivity index (χ3n) is 3.02. The van der Waals surface area contributed by atoms with E-state index in [0.717, 1.165) is 0 Å². The van der Waals surface area contributed by atoms with Crippen LogP contribution in [0, 0.1) is 0 Å². The van der Waals surface area contributed by atoms with Crippen LogP contribution >= 0.6 is 11.6 Å². The molecule has 7 heteroatoms. The summed E-state index contributed by atoms with van der Waals surface area (Å²) < 4.78 is 76.9. The first-order valence-corrected chi connectivity index (χ1v) is 6.47. The van der Waals surface area contributed by atoms with Crippen LogP contribution in [-0.4, -0.2) is 0 Å². The molecular formula is C15H9ClF6. The molecule has 22 heavy (non-hydrogen) atoms. The van der Waals surface area contributed by atoms with Crippen molar-refractivity contribution in [2.45, 2.75) is 18.8 Å². The average Bonchev–Trinajstić information content (AvgIpc) is 2.36. The number of hydrogen-bond acceptors (Lipinski definition) is 0. The monoisotopic (exact) mass is 338 g/mol. The highest BCUT2D eigenvalue weighted by atomic mass is 35.5. The number of alkyl halides is 6. The topological polar surface area (TPSA) is 0 Å². The highest BCUT2D eigenvalue weighted by molar-refractivity contribution is 6.30. The predicted molar refractivity (Wildman–Crippen MR) is 70.7 cm³/mol. The Morgan fingerprint density at radius 3 is 2.05 bits per heavy atom. The fourth-order valence-electron chi connectivity index (χ4n) is 2.06. The van der Waals surface area contributed by atoms with Crippen molar-refractivity contribution in [2.24, 2.45) is 0 Å². The van der Waals surface area contributed by atoms with Gasteiger partial charge in [0.2, 0.25) is 0 Å². The van der Waals surface area contributed by atoms with Crippen LogP contribution < -0.4 is 0 Å². The molecule has 0 aliphatic carbocycles. The molecule has 0 fully saturated rings. The lowest BCUT2D eigenvalue weighted by molar-refractivity contribution is -0.141. The molecule has 0 aliphatic heterocycles. The number of halogens is 7. The Hall–Kier alpha value is -1.69. The molecule has 118 valence electrons. The van der Waals surface area contributed by atoms with E-state index in [0.29, 0.717) is 28.8 Å². The van der Waals surface area contributed by atoms with E-state index in [1.54, 1.807) is 0 Å². The zero-order valence-electron chi connectivity index (χ0n) is 10.9. The minimum Gasteiger partial charge on any atom is -0.166 e. The summed E-state index contributed by atoms with van der Waals surface area (Å²) in [5.74, 6) is 0. The van der Waals surface area contributed by atoms with Crippen molar-refractivity contribution in [3.8, 4) is 0 Å². The summed E-state index contributed by atoms with van der Waals surface area (Å²) >= 11 is 5.74. The van der Waals surface area contributed by atoms with Crippen LogP contribution in [0.4, 0.5) is 26.3 Å². The molecule has 0 amide bonds. The maximum absolute atomic E-state index is 13.0. The Kier molecular flexibility index (Phi) is 4.42. The number of rotatable bonds is 2. The third kappa shape index (κ3) is 3.94. The smallest absolute Gasteiger partial charge is 0.166 e. The number of hydrogen-bond donors (Lipinski definition) is 0. The first-order chi connectivity index (χ1) is 10.1. The van der Waals surface area contributed by atoms with Gasteiger partial charge in [-0.25, -0.2) is 0 Å². The van der Waals surface area contributed by atoms with E-state index in [1.807, 2.05) is 0 Å². The second kappa shape index (κ2) is 5.83. The number of benzene rings is 2. The highest BCUT2D eigenvalue weighted by Gasteiger charge is 2.36. The predicted octanol–water partition coefficient (Wildman–Crippen LogP) is 5.97. The molecule has 0 nitrogen and oxygen atoms in total. The van der Waals surface area contributed by atoms with Crippen molar-refractivity contribution in [1.82, 2.24) is 0 Å². The van der Waals surface area contributed by atoms with E-state index in [9.17, 15) is 26.3 Å². The first kappa shape index (κ1) is 16.7. The van der Waals surface area contributed by atoms with Crippen molar-refractivity contribution in [3.63, 3.8) is 0 Å². The van der Waals surface area contributed by atoms with Crippen molar-refractivity contribution in [2.75, 3.05) is 0 Å². The molecular weight excluding hydrogens is 330 g/mol. The maximum atomic E-state index is 13.0. The van der Waals surface area contributed by atoms with E-state index >= 15 is 0 Å². The second-order valence-corrected chi connectivity index (χ2v) is 5.11. The molecule has 0 heterocycles. The average molecular weight is 339 g/mol. The molecule has 2 aromatic rings. The molecule has 0 spiro atoms. The molecule has 0 radical (unpaired) electrons. The molecule has 0 bridgehead atoms. The van der Waals surface area contributed by atoms with E-state index in [4.69, 9.17) is 11.6 Å². The SMILES string of the molecule is FC(F)(F)c1ccc(C(F)(F)F)c(Cc2cccc(Cl)c2)c1. The van der Waals surface area contributed by atoms with E-state index in [2.05, 4.69) is 0 Å². The van der Waals surface area contributed by atoms with Crippen molar-refractivity contribution < 1.29 is 26.3 Å². The molecule has 0 saturated heterocycles. The van der Waals surface area contributed by atoms with Gasteiger partial charge in [-0.15, -0.1) is 0 Å². The molecule has 0 N–H and O–H groups in total. The van der Waals surface area contributed by atoms with Crippen LogP contribution in [-0.2, 0) is 18.8 Å². The van der Waals surface area contributed by atoms with Gasteiger partial charge < -0.3 is 0 Å². The summed E-state index contributed by atoms with van der Waals surface area (Å²) in [5, 5.41) is 0.304. The molecule has 2 rings (SSSR count). The lowest BCUT2D eigenvalue weighted by Gasteiger charge is -2.16. The van der Waals surface area contributed by atoms with Crippen molar-refractivity contribution in [1.29, 1.82) is 0 Å². The molecule has 0 aromatic heterocycles. The molecule has 0 atom stereocenters. The van der Waals surface area contributed by atoms with Crippen LogP contribution in [0.5, 0.6) is 0 Å². The Balaban J connectivity index is 2.50. The van der Waals surface area contributed by atoms with Gasteiger partial charge in [-0.1, -0.05) is 23.7 Å². The molecule has 0 unspecified atom stereocenters. The first-order valence-electron chi connectivity index (χ1n) is 6.09. The van der Waals surface area contributed by atoms with Crippen LogP contribution in [0.25, 0.3) is 0 Å². The maximum Gasteiger partial charge on any atom is 0.416 e. The van der Waals surface area contributed by atoms with Crippen LogP contribution in [0.2, 0.25) is 5.02 Å².